The van der Waals surface area contributed by atoms with Crippen LogP contribution in [0.1, 0.15) is 4.88 Å². The lowest BCUT2D eigenvalue weighted by Crippen LogP contribution is -2.44. The van der Waals surface area contributed by atoms with Gasteiger partial charge in [0.15, 0.2) is 17.6 Å². The minimum Gasteiger partial charge on any atom is -0.486 e. The van der Waals surface area contributed by atoms with Crippen LogP contribution >= 0.6 is 22.9 Å². The summed E-state index contributed by atoms with van der Waals surface area (Å²) in [6.45, 7) is 1.33. The topological polar surface area (TPSA) is 50.8 Å². The van der Waals surface area contributed by atoms with Crippen LogP contribution in [0.3, 0.4) is 0 Å². The number of carbonyl (C=O) groups is 1. The minimum absolute atomic E-state index is 0.156. The average molecular weight is 353 g/mol. The Hall–Kier alpha value is -1.92. The molecule has 7 heteroatoms. The van der Waals surface area contributed by atoms with E-state index in [1.54, 1.807) is 11.9 Å². The molecule has 0 saturated heterocycles. The molecule has 3 rings (SSSR count). The Bertz CT molecular complexity index is 691. The zero-order valence-electron chi connectivity index (χ0n) is 12.6. The Labute approximate surface area is 143 Å². The third kappa shape index (κ3) is 4.09. The van der Waals surface area contributed by atoms with Gasteiger partial charge in [-0.3, -0.25) is 0 Å². The van der Waals surface area contributed by atoms with Gasteiger partial charge in [-0.25, -0.2) is 4.79 Å². The van der Waals surface area contributed by atoms with E-state index in [1.165, 1.54) is 11.3 Å². The number of nitrogens with zero attached hydrogens (tertiary/aromatic N) is 1. The summed E-state index contributed by atoms with van der Waals surface area (Å²) in [6.07, 6.45) is -0.196. The van der Waals surface area contributed by atoms with E-state index in [0.29, 0.717) is 25.4 Å². The fourth-order valence-corrected chi connectivity index (χ4v) is 3.38. The van der Waals surface area contributed by atoms with Crippen LogP contribution in [0.15, 0.2) is 36.4 Å². The Kier molecular flexibility index (Phi) is 4.93. The highest BCUT2D eigenvalue weighted by molar-refractivity contribution is 7.16. The molecule has 0 saturated carbocycles. The minimum atomic E-state index is -0.196. The number of urea groups is 1. The fourth-order valence-electron chi connectivity index (χ4n) is 2.24. The molecule has 1 unspecified atom stereocenters. The summed E-state index contributed by atoms with van der Waals surface area (Å²) in [6, 6.07) is 11.1. The first-order valence-electron chi connectivity index (χ1n) is 7.23. The van der Waals surface area contributed by atoms with Gasteiger partial charge in [-0.15, -0.1) is 11.3 Å². The fraction of sp³-hybridized carbons (Fsp3) is 0.312. The lowest BCUT2D eigenvalue weighted by Gasteiger charge is -2.27. The zero-order valence-corrected chi connectivity index (χ0v) is 14.2. The van der Waals surface area contributed by atoms with Gasteiger partial charge in [0, 0.05) is 11.9 Å². The Morgan fingerprint density at radius 1 is 1.35 bits per heavy atom. The van der Waals surface area contributed by atoms with Crippen molar-refractivity contribution in [2.45, 2.75) is 12.6 Å². The van der Waals surface area contributed by atoms with Crippen LogP contribution in [0.25, 0.3) is 0 Å². The summed E-state index contributed by atoms with van der Waals surface area (Å²) < 4.78 is 12.2. The number of amides is 2. The van der Waals surface area contributed by atoms with Crippen molar-refractivity contribution in [3.63, 3.8) is 0 Å². The molecular formula is C16H17ClN2O3S. The molecule has 2 amide bonds. The van der Waals surface area contributed by atoms with Crippen LogP contribution in [0.2, 0.25) is 4.34 Å². The molecule has 0 aliphatic carbocycles. The Morgan fingerprint density at radius 3 is 2.87 bits per heavy atom. The number of rotatable bonds is 4. The third-order valence-corrected chi connectivity index (χ3v) is 4.63. The molecule has 0 bridgehead atoms. The smallest absolute Gasteiger partial charge is 0.317 e. The maximum Gasteiger partial charge on any atom is 0.317 e. The number of nitrogens with one attached hydrogen (secondary N) is 1. The molecule has 122 valence electrons. The van der Waals surface area contributed by atoms with Crippen molar-refractivity contribution in [3.8, 4) is 11.5 Å². The summed E-state index contributed by atoms with van der Waals surface area (Å²) in [7, 11) is 1.75. The van der Waals surface area contributed by atoms with Gasteiger partial charge < -0.3 is 19.7 Å². The third-order valence-electron chi connectivity index (χ3n) is 3.42. The van der Waals surface area contributed by atoms with Crippen LogP contribution in [-0.2, 0) is 6.54 Å². The summed E-state index contributed by atoms with van der Waals surface area (Å²) in [5, 5.41) is 2.86. The highest BCUT2D eigenvalue weighted by atomic mass is 35.5. The van der Waals surface area contributed by atoms with E-state index < -0.39 is 0 Å². The summed E-state index contributed by atoms with van der Waals surface area (Å²) >= 11 is 7.37. The van der Waals surface area contributed by atoms with E-state index in [4.69, 9.17) is 21.1 Å². The van der Waals surface area contributed by atoms with Crippen molar-refractivity contribution < 1.29 is 14.3 Å². The normalized spacial score (nSPS) is 16.0. The molecule has 1 N–H and O–H groups in total. The molecule has 1 aliphatic rings. The van der Waals surface area contributed by atoms with Gasteiger partial charge in [0.2, 0.25) is 0 Å². The van der Waals surface area contributed by atoms with Crippen LogP contribution in [0, 0.1) is 0 Å². The number of thiophene rings is 1. The van der Waals surface area contributed by atoms with Crippen LogP contribution in [0.4, 0.5) is 4.79 Å². The van der Waals surface area contributed by atoms with Gasteiger partial charge in [-0.1, -0.05) is 23.7 Å². The number of para-hydroxylation sites is 2. The molecular weight excluding hydrogens is 336 g/mol. The van der Waals surface area contributed by atoms with Crippen LogP contribution < -0.4 is 14.8 Å². The number of ether oxygens (including phenoxy) is 2. The Balaban J connectivity index is 1.47. The van der Waals surface area contributed by atoms with E-state index in [9.17, 15) is 4.79 Å². The van der Waals surface area contributed by atoms with Crippen molar-refractivity contribution in [1.82, 2.24) is 10.2 Å². The van der Waals surface area contributed by atoms with Crippen molar-refractivity contribution in [1.29, 1.82) is 0 Å². The Morgan fingerprint density at radius 2 is 2.13 bits per heavy atom. The van der Waals surface area contributed by atoms with E-state index in [1.807, 2.05) is 36.4 Å². The molecule has 1 aliphatic heterocycles. The van der Waals surface area contributed by atoms with E-state index >= 15 is 0 Å². The average Bonchev–Trinajstić information content (AvgIpc) is 2.97. The standard InChI is InChI=1S/C16H17ClN2O3S/c1-19(9-12-6-7-15(17)23-12)16(20)18-8-11-10-21-13-4-2-3-5-14(13)22-11/h2-7,11H,8-10H2,1H3,(H,18,20). The van der Waals surface area contributed by atoms with Gasteiger partial charge in [0.1, 0.15) is 6.61 Å². The van der Waals surface area contributed by atoms with Gasteiger partial charge in [-0.2, -0.15) is 0 Å². The number of benzene rings is 1. The zero-order chi connectivity index (χ0) is 16.2. The maximum absolute atomic E-state index is 12.1. The molecule has 0 radical (unpaired) electrons. The summed E-state index contributed by atoms with van der Waals surface area (Å²) in [4.78, 5) is 14.8. The molecule has 5 nitrogen and oxygen atoms in total. The van der Waals surface area contributed by atoms with E-state index in [-0.39, 0.29) is 12.1 Å². The predicted octanol–water partition coefficient (Wildman–Crippen LogP) is 3.38. The number of hydrogen-bond acceptors (Lipinski definition) is 4. The first-order chi connectivity index (χ1) is 11.1. The van der Waals surface area contributed by atoms with Gasteiger partial charge in [-0.05, 0) is 24.3 Å². The highest BCUT2D eigenvalue weighted by Crippen LogP contribution is 2.30. The lowest BCUT2D eigenvalue weighted by molar-refractivity contribution is 0.0904. The molecule has 2 heterocycles. The second-order valence-electron chi connectivity index (χ2n) is 5.25. The molecule has 0 fully saturated rings. The second kappa shape index (κ2) is 7.10. The molecule has 23 heavy (non-hydrogen) atoms. The van der Waals surface area contributed by atoms with Crippen LogP contribution in [0.5, 0.6) is 11.5 Å². The second-order valence-corrected chi connectivity index (χ2v) is 7.05. The number of halogens is 1. The molecule has 1 atom stereocenters. The summed E-state index contributed by atoms with van der Waals surface area (Å²) in [5.74, 6) is 1.45. The lowest BCUT2D eigenvalue weighted by atomic mass is 10.2. The molecule has 1 aromatic heterocycles. The quantitative estimate of drug-likeness (QED) is 0.917. The number of hydrogen-bond donors (Lipinski definition) is 1. The van der Waals surface area contributed by atoms with Crippen molar-refractivity contribution in [2.75, 3.05) is 20.2 Å². The number of carbonyl (C=O) groups excluding carboxylic acids is 1. The van der Waals surface area contributed by atoms with Crippen molar-refractivity contribution in [3.05, 3.63) is 45.6 Å². The molecule has 2 aromatic rings. The van der Waals surface area contributed by atoms with Gasteiger partial charge in [0.25, 0.3) is 0 Å². The van der Waals surface area contributed by atoms with Gasteiger partial charge >= 0.3 is 6.03 Å². The van der Waals surface area contributed by atoms with E-state index in [0.717, 1.165) is 15.0 Å². The van der Waals surface area contributed by atoms with Gasteiger partial charge in [0.05, 0.1) is 17.4 Å². The highest BCUT2D eigenvalue weighted by Gasteiger charge is 2.21. The first kappa shape index (κ1) is 16.0. The predicted molar refractivity (Wildman–Crippen MR) is 90.5 cm³/mol. The van der Waals surface area contributed by atoms with Crippen molar-refractivity contribution >= 4 is 29.0 Å². The van der Waals surface area contributed by atoms with E-state index in [2.05, 4.69) is 5.32 Å². The van der Waals surface area contributed by atoms with Crippen LogP contribution in [-0.4, -0.2) is 37.2 Å². The first-order valence-corrected chi connectivity index (χ1v) is 8.43. The SMILES string of the molecule is CN(Cc1ccc(Cl)s1)C(=O)NCC1COc2ccccc2O1. The maximum atomic E-state index is 12.1. The number of fused-ring (bicyclic) bond motifs is 1. The monoisotopic (exact) mass is 352 g/mol. The molecule has 1 aromatic carbocycles. The largest absolute Gasteiger partial charge is 0.486 e. The molecule has 0 spiro atoms. The summed E-state index contributed by atoms with van der Waals surface area (Å²) in [5.41, 5.74) is 0. The van der Waals surface area contributed by atoms with Crippen molar-refractivity contribution in [2.24, 2.45) is 0 Å².